The van der Waals surface area contributed by atoms with Crippen molar-refractivity contribution in [2.45, 2.75) is 64.8 Å². The third kappa shape index (κ3) is 9.67. The molecule has 0 unspecified atom stereocenters. The van der Waals surface area contributed by atoms with E-state index in [1.807, 2.05) is 0 Å². The second-order valence-corrected chi connectivity index (χ2v) is 7.83. The number of hydrogen-bond acceptors (Lipinski definition) is 5. The van der Waals surface area contributed by atoms with Gasteiger partial charge in [-0.15, -0.1) is 0 Å². The molecule has 0 spiro atoms. The van der Waals surface area contributed by atoms with Gasteiger partial charge in [0.15, 0.2) is 0 Å². The first kappa shape index (κ1) is 24.8. The van der Waals surface area contributed by atoms with E-state index in [9.17, 15) is 23.5 Å². The van der Waals surface area contributed by atoms with E-state index in [4.69, 9.17) is 4.74 Å². The summed E-state index contributed by atoms with van der Waals surface area (Å²) in [5.41, 5.74) is -0.491. The predicted octanol–water partition coefficient (Wildman–Crippen LogP) is 1.88. The van der Waals surface area contributed by atoms with Crippen molar-refractivity contribution in [1.82, 2.24) is 16.0 Å². The topological polar surface area (TPSA) is 99.7 Å². The SMILES string of the molecule is CCNC(=O)[C@H](C)NC[C@@H](O)[C@H](Cc1cc(F)cc(F)c1)NC(=O)OC(C)(C)C. The lowest BCUT2D eigenvalue weighted by Crippen LogP contribution is -2.52. The van der Waals surface area contributed by atoms with Crippen molar-refractivity contribution in [3.8, 4) is 0 Å². The molecule has 7 nitrogen and oxygen atoms in total. The van der Waals surface area contributed by atoms with Crippen molar-refractivity contribution < 1.29 is 28.2 Å². The molecule has 9 heteroatoms. The van der Waals surface area contributed by atoms with E-state index in [2.05, 4.69) is 16.0 Å². The Bertz CT molecular complexity index is 675. The molecular weight excluding hydrogens is 384 g/mol. The summed E-state index contributed by atoms with van der Waals surface area (Å²) in [6.07, 6.45) is -1.95. The largest absolute Gasteiger partial charge is 0.444 e. The molecule has 0 aliphatic carbocycles. The normalized spacial score (nSPS) is 14.6. The van der Waals surface area contributed by atoms with Gasteiger partial charge in [0.1, 0.15) is 17.2 Å². The molecule has 0 saturated carbocycles. The molecule has 164 valence electrons. The number of aliphatic hydroxyl groups is 1. The molecule has 3 atom stereocenters. The van der Waals surface area contributed by atoms with Crippen LogP contribution in [0.25, 0.3) is 0 Å². The summed E-state index contributed by atoms with van der Waals surface area (Å²) in [5.74, 6) is -1.74. The van der Waals surface area contributed by atoms with E-state index in [-0.39, 0.29) is 24.4 Å². The molecule has 2 amide bonds. The number of alkyl carbamates (subject to hydrolysis) is 1. The van der Waals surface area contributed by atoms with Gasteiger partial charge >= 0.3 is 6.09 Å². The van der Waals surface area contributed by atoms with Gasteiger partial charge < -0.3 is 25.8 Å². The summed E-state index contributed by atoms with van der Waals surface area (Å²) in [6.45, 7) is 8.94. The minimum absolute atomic E-state index is 0.0312. The molecule has 1 rings (SSSR count). The maximum Gasteiger partial charge on any atom is 0.407 e. The van der Waals surface area contributed by atoms with Gasteiger partial charge in [0.25, 0.3) is 0 Å². The minimum Gasteiger partial charge on any atom is -0.444 e. The minimum atomic E-state index is -1.15. The molecule has 0 saturated heterocycles. The van der Waals surface area contributed by atoms with E-state index in [1.54, 1.807) is 34.6 Å². The van der Waals surface area contributed by atoms with Crippen LogP contribution in [0.3, 0.4) is 0 Å². The van der Waals surface area contributed by atoms with E-state index >= 15 is 0 Å². The van der Waals surface area contributed by atoms with Crippen LogP contribution in [0.5, 0.6) is 0 Å². The number of hydrogen-bond donors (Lipinski definition) is 4. The Balaban J connectivity index is 2.87. The highest BCUT2D eigenvalue weighted by atomic mass is 19.1. The number of carbonyl (C=O) groups excluding carboxylic acids is 2. The van der Waals surface area contributed by atoms with Gasteiger partial charge in [-0.2, -0.15) is 0 Å². The first-order valence-corrected chi connectivity index (χ1v) is 9.55. The Morgan fingerprint density at radius 1 is 1.17 bits per heavy atom. The fraction of sp³-hybridized carbons (Fsp3) is 0.600. The van der Waals surface area contributed by atoms with Crippen molar-refractivity contribution in [1.29, 1.82) is 0 Å². The highest BCUT2D eigenvalue weighted by Gasteiger charge is 2.26. The fourth-order valence-electron chi connectivity index (χ4n) is 2.58. The molecule has 4 N–H and O–H groups in total. The Morgan fingerprint density at radius 2 is 1.76 bits per heavy atom. The van der Waals surface area contributed by atoms with Gasteiger partial charge in [-0.1, -0.05) is 0 Å². The molecule has 1 aromatic carbocycles. The summed E-state index contributed by atoms with van der Waals surface area (Å²) in [5, 5.41) is 18.6. The van der Waals surface area contributed by atoms with Crippen molar-refractivity contribution in [3.05, 3.63) is 35.4 Å². The maximum absolute atomic E-state index is 13.5. The van der Waals surface area contributed by atoms with Crippen molar-refractivity contribution in [2.24, 2.45) is 0 Å². The molecule has 0 aliphatic heterocycles. The van der Waals surface area contributed by atoms with Crippen LogP contribution in [-0.2, 0) is 16.0 Å². The molecule has 0 aliphatic rings. The van der Waals surface area contributed by atoms with Crippen molar-refractivity contribution >= 4 is 12.0 Å². The van der Waals surface area contributed by atoms with Gasteiger partial charge in [0.05, 0.1) is 18.2 Å². The second-order valence-electron chi connectivity index (χ2n) is 7.83. The maximum atomic E-state index is 13.5. The van der Waals surface area contributed by atoms with Crippen molar-refractivity contribution in [3.63, 3.8) is 0 Å². The lowest BCUT2D eigenvalue weighted by Gasteiger charge is -2.27. The zero-order chi connectivity index (χ0) is 22.2. The Kier molecular flexibility index (Phi) is 9.45. The number of halogens is 2. The average molecular weight is 415 g/mol. The van der Waals surface area contributed by atoms with E-state index in [0.29, 0.717) is 6.54 Å². The zero-order valence-corrected chi connectivity index (χ0v) is 17.5. The summed E-state index contributed by atoms with van der Waals surface area (Å²) in [4.78, 5) is 23.9. The van der Waals surface area contributed by atoms with Crippen LogP contribution in [0.15, 0.2) is 18.2 Å². The molecule has 0 radical (unpaired) electrons. The average Bonchev–Trinajstić information content (AvgIpc) is 2.56. The number of aliphatic hydroxyl groups excluding tert-OH is 1. The molecule has 0 fully saturated rings. The second kappa shape index (κ2) is 11.1. The fourth-order valence-corrected chi connectivity index (χ4v) is 2.58. The van der Waals surface area contributed by atoms with E-state index in [1.165, 1.54) is 0 Å². The Hall–Kier alpha value is -2.26. The highest BCUT2D eigenvalue weighted by molar-refractivity contribution is 5.81. The molecule has 0 bridgehead atoms. The number of nitrogens with one attached hydrogen (secondary N) is 3. The van der Waals surface area contributed by atoms with Crippen LogP contribution >= 0.6 is 0 Å². The smallest absolute Gasteiger partial charge is 0.407 e. The number of likely N-dealkylation sites (N-methyl/N-ethyl adjacent to an activating group) is 1. The van der Waals surface area contributed by atoms with E-state index in [0.717, 1.165) is 18.2 Å². The summed E-state index contributed by atoms with van der Waals surface area (Å²) >= 11 is 0. The third-order valence-electron chi connectivity index (χ3n) is 3.92. The molecule has 0 heterocycles. The van der Waals surface area contributed by atoms with Crippen LogP contribution in [0, 0.1) is 11.6 Å². The van der Waals surface area contributed by atoms with E-state index < -0.39 is 41.5 Å². The monoisotopic (exact) mass is 415 g/mol. The third-order valence-corrected chi connectivity index (χ3v) is 3.92. The van der Waals surface area contributed by atoms with Gasteiger partial charge in [0, 0.05) is 19.2 Å². The predicted molar refractivity (Wildman–Crippen MR) is 105 cm³/mol. The molecule has 1 aromatic rings. The van der Waals surface area contributed by atoms with Crippen LogP contribution in [0.2, 0.25) is 0 Å². The molecular formula is C20H31F2N3O4. The molecule has 29 heavy (non-hydrogen) atoms. The highest BCUT2D eigenvalue weighted by Crippen LogP contribution is 2.13. The van der Waals surface area contributed by atoms with Gasteiger partial charge in [-0.3, -0.25) is 4.79 Å². The summed E-state index contributed by atoms with van der Waals surface area (Å²) in [7, 11) is 0. The Morgan fingerprint density at radius 3 is 2.28 bits per heavy atom. The number of amides is 2. The number of rotatable bonds is 9. The number of ether oxygens (including phenoxy) is 1. The first-order chi connectivity index (χ1) is 13.4. The van der Waals surface area contributed by atoms with Crippen LogP contribution in [-0.4, -0.2) is 54.0 Å². The lowest BCUT2D eigenvalue weighted by atomic mass is 10.0. The zero-order valence-electron chi connectivity index (χ0n) is 17.5. The first-order valence-electron chi connectivity index (χ1n) is 9.55. The summed E-state index contributed by atoms with van der Waals surface area (Å²) < 4.78 is 32.2. The van der Waals surface area contributed by atoms with Crippen LogP contribution < -0.4 is 16.0 Å². The summed E-state index contributed by atoms with van der Waals surface area (Å²) in [6, 6.07) is 1.53. The molecule has 0 aromatic heterocycles. The Labute approximate surface area is 170 Å². The number of carbonyl (C=O) groups is 2. The van der Waals surface area contributed by atoms with Crippen molar-refractivity contribution in [2.75, 3.05) is 13.1 Å². The standard InChI is InChI=1S/C20H31F2N3O4/c1-6-23-18(27)12(2)24-11-17(26)16(25-19(28)29-20(3,4)5)9-13-7-14(21)10-15(22)8-13/h7-8,10,12,16-17,24,26H,6,9,11H2,1-5H3,(H,23,27)(H,25,28)/t12-,16-,17+/m0/s1. The lowest BCUT2D eigenvalue weighted by molar-refractivity contribution is -0.122. The quantitative estimate of drug-likeness (QED) is 0.494. The number of benzene rings is 1. The van der Waals surface area contributed by atoms with Crippen LogP contribution in [0.4, 0.5) is 13.6 Å². The van der Waals surface area contributed by atoms with Gasteiger partial charge in [0.2, 0.25) is 5.91 Å². The van der Waals surface area contributed by atoms with Gasteiger partial charge in [-0.25, -0.2) is 13.6 Å². The van der Waals surface area contributed by atoms with Crippen LogP contribution in [0.1, 0.15) is 40.2 Å². The van der Waals surface area contributed by atoms with Gasteiger partial charge in [-0.05, 0) is 58.7 Å².